The third-order valence-electron chi connectivity index (χ3n) is 4.05. The molecule has 1 saturated carbocycles. The number of anilines is 1. The number of benzene rings is 1. The molecule has 0 aromatic heterocycles. The van der Waals surface area contributed by atoms with E-state index in [-0.39, 0.29) is 28.1 Å². The summed E-state index contributed by atoms with van der Waals surface area (Å²) in [5, 5.41) is 0. The summed E-state index contributed by atoms with van der Waals surface area (Å²) in [6.45, 7) is 6.61. The van der Waals surface area contributed by atoms with Gasteiger partial charge in [0.15, 0.2) is 0 Å². The van der Waals surface area contributed by atoms with Crippen molar-refractivity contribution in [2.45, 2.75) is 44.2 Å². The van der Waals surface area contributed by atoms with E-state index in [0.717, 1.165) is 0 Å². The van der Waals surface area contributed by atoms with Crippen molar-refractivity contribution in [1.29, 1.82) is 0 Å². The number of sulfonamides is 1. The van der Waals surface area contributed by atoms with E-state index in [2.05, 4.69) is 4.72 Å². The predicted octanol–water partition coefficient (Wildman–Crippen LogP) is 1.75. The summed E-state index contributed by atoms with van der Waals surface area (Å²) in [7, 11) is -3.59. The molecule has 0 spiro atoms. The standard InChI is InChI=1S/C14H22N2O3S/c1-4-19-13-9-12(14(13,2)3)16-20(17,18)11-8-6-5-7-10(11)15/h5-8,12-13,16H,4,9,15H2,1-3H3. The second-order valence-corrected chi connectivity index (χ2v) is 7.40. The molecular weight excluding hydrogens is 276 g/mol. The lowest BCUT2D eigenvalue weighted by atomic mass is 9.65. The van der Waals surface area contributed by atoms with Crippen LogP contribution in [0.5, 0.6) is 0 Å². The van der Waals surface area contributed by atoms with Gasteiger partial charge in [-0.2, -0.15) is 0 Å². The van der Waals surface area contributed by atoms with Crippen LogP contribution in [0.2, 0.25) is 0 Å². The summed E-state index contributed by atoms with van der Waals surface area (Å²) in [5.74, 6) is 0. The van der Waals surface area contributed by atoms with E-state index in [0.29, 0.717) is 13.0 Å². The van der Waals surface area contributed by atoms with Crippen molar-refractivity contribution in [2.75, 3.05) is 12.3 Å². The number of para-hydroxylation sites is 1. The molecule has 1 aromatic rings. The van der Waals surface area contributed by atoms with E-state index in [1.807, 2.05) is 20.8 Å². The lowest BCUT2D eigenvalue weighted by Crippen LogP contribution is -2.61. The summed E-state index contributed by atoms with van der Waals surface area (Å²) >= 11 is 0. The van der Waals surface area contributed by atoms with E-state index in [1.165, 1.54) is 6.07 Å². The predicted molar refractivity (Wildman–Crippen MR) is 78.8 cm³/mol. The molecule has 20 heavy (non-hydrogen) atoms. The van der Waals surface area contributed by atoms with Crippen LogP contribution in [0.15, 0.2) is 29.2 Å². The van der Waals surface area contributed by atoms with Gasteiger partial charge < -0.3 is 10.5 Å². The topological polar surface area (TPSA) is 81.4 Å². The molecule has 1 aliphatic carbocycles. The Balaban J connectivity index is 2.14. The highest BCUT2D eigenvalue weighted by Gasteiger charge is 2.50. The van der Waals surface area contributed by atoms with Crippen molar-refractivity contribution in [3.63, 3.8) is 0 Å². The lowest BCUT2D eigenvalue weighted by molar-refractivity contribution is -0.108. The van der Waals surface area contributed by atoms with Gasteiger partial charge in [-0.3, -0.25) is 0 Å². The molecule has 0 amide bonds. The lowest BCUT2D eigenvalue weighted by Gasteiger charge is -2.51. The van der Waals surface area contributed by atoms with Crippen molar-refractivity contribution in [3.05, 3.63) is 24.3 Å². The zero-order valence-electron chi connectivity index (χ0n) is 12.1. The number of hydrogen-bond donors (Lipinski definition) is 2. The Morgan fingerprint density at radius 2 is 2.05 bits per heavy atom. The summed E-state index contributed by atoms with van der Waals surface area (Å²) in [6.07, 6.45) is 0.778. The maximum absolute atomic E-state index is 12.4. The molecule has 112 valence electrons. The Labute approximate surface area is 120 Å². The van der Waals surface area contributed by atoms with Gasteiger partial charge in [0.25, 0.3) is 0 Å². The van der Waals surface area contributed by atoms with Gasteiger partial charge in [-0.05, 0) is 25.5 Å². The first kappa shape index (κ1) is 15.3. The number of rotatable bonds is 5. The fourth-order valence-electron chi connectivity index (χ4n) is 2.55. The van der Waals surface area contributed by atoms with Crippen molar-refractivity contribution >= 4 is 15.7 Å². The Bertz CT molecular complexity index is 584. The molecule has 0 heterocycles. The second kappa shape index (κ2) is 5.35. The third kappa shape index (κ3) is 2.68. The fraction of sp³-hybridized carbons (Fsp3) is 0.571. The molecule has 1 aromatic carbocycles. The minimum absolute atomic E-state index is 0.0910. The van der Waals surface area contributed by atoms with E-state index in [9.17, 15) is 8.42 Å². The van der Waals surface area contributed by atoms with Gasteiger partial charge in [-0.25, -0.2) is 13.1 Å². The summed E-state index contributed by atoms with van der Waals surface area (Å²) in [5.41, 5.74) is 5.79. The molecule has 0 aliphatic heterocycles. The average Bonchev–Trinajstić information content (AvgIpc) is 2.38. The van der Waals surface area contributed by atoms with Crippen LogP contribution >= 0.6 is 0 Å². The summed E-state index contributed by atoms with van der Waals surface area (Å²) < 4.78 is 33.1. The molecule has 6 heteroatoms. The number of nitrogens with one attached hydrogen (secondary N) is 1. The third-order valence-corrected chi connectivity index (χ3v) is 5.60. The minimum atomic E-state index is -3.59. The smallest absolute Gasteiger partial charge is 0.242 e. The molecule has 2 atom stereocenters. The van der Waals surface area contributed by atoms with Crippen molar-refractivity contribution in [3.8, 4) is 0 Å². The fourth-order valence-corrected chi connectivity index (χ4v) is 4.08. The molecular formula is C14H22N2O3S. The van der Waals surface area contributed by atoms with Crippen LogP contribution in [0.4, 0.5) is 5.69 Å². The van der Waals surface area contributed by atoms with Gasteiger partial charge in [0.1, 0.15) is 4.90 Å². The highest BCUT2D eigenvalue weighted by molar-refractivity contribution is 7.89. The molecule has 0 saturated heterocycles. The Morgan fingerprint density at radius 3 is 2.60 bits per heavy atom. The zero-order valence-corrected chi connectivity index (χ0v) is 12.9. The molecule has 1 fully saturated rings. The Hall–Kier alpha value is -1.11. The highest BCUT2D eigenvalue weighted by atomic mass is 32.2. The largest absolute Gasteiger partial charge is 0.398 e. The number of nitrogens with two attached hydrogens (primary N) is 1. The highest BCUT2D eigenvalue weighted by Crippen LogP contribution is 2.43. The van der Waals surface area contributed by atoms with Crippen molar-refractivity contribution in [1.82, 2.24) is 4.72 Å². The first-order chi connectivity index (χ1) is 9.29. The maximum Gasteiger partial charge on any atom is 0.242 e. The van der Waals surface area contributed by atoms with E-state index in [4.69, 9.17) is 10.5 Å². The summed E-state index contributed by atoms with van der Waals surface area (Å²) in [6, 6.07) is 6.35. The second-order valence-electron chi connectivity index (χ2n) is 5.71. The van der Waals surface area contributed by atoms with Crippen LogP contribution in [-0.2, 0) is 14.8 Å². The van der Waals surface area contributed by atoms with Gasteiger partial charge >= 0.3 is 0 Å². The first-order valence-corrected chi connectivity index (χ1v) is 8.25. The Morgan fingerprint density at radius 1 is 1.40 bits per heavy atom. The molecule has 0 radical (unpaired) electrons. The van der Waals surface area contributed by atoms with E-state index in [1.54, 1.807) is 18.2 Å². The molecule has 5 nitrogen and oxygen atoms in total. The zero-order chi connectivity index (χ0) is 15.0. The van der Waals surface area contributed by atoms with Gasteiger partial charge in [-0.1, -0.05) is 26.0 Å². The van der Waals surface area contributed by atoms with Gasteiger partial charge in [0.2, 0.25) is 10.0 Å². The summed E-state index contributed by atoms with van der Waals surface area (Å²) in [4.78, 5) is 0.135. The number of nitrogen functional groups attached to an aromatic ring is 1. The van der Waals surface area contributed by atoms with Crippen molar-refractivity contribution < 1.29 is 13.2 Å². The number of hydrogen-bond acceptors (Lipinski definition) is 4. The van der Waals surface area contributed by atoms with Gasteiger partial charge in [0, 0.05) is 18.1 Å². The average molecular weight is 298 g/mol. The van der Waals surface area contributed by atoms with Gasteiger partial charge in [0.05, 0.1) is 11.8 Å². The van der Waals surface area contributed by atoms with Crippen molar-refractivity contribution in [2.24, 2.45) is 5.41 Å². The monoisotopic (exact) mass is 298 g/mol. The maximum atomic E-state index is 12.4. The molecule has 2 unspecified atom stereocenters. The number of ether oxygens (including phenoxy) is 1. The molecule has 1 aliphatic rings. The van der Waals surface area contributed by atoms with Crippen LogP contribution in [-0.4, -0.2) is 27.2 Å². The van der Waals surface area contributed by atoms with Crippen LogP contribution < -0.4 is 10.5 Å². The van der Waals surface area contributed by atoms with Gasteiger partial charge in [-0.15, -0.1) is 0 Å². The molecule has 3 N–H and O–H groups in total. The van der Waals surface area contributed by atoms with Crippen LogP contribution in [0.3, 0.4) is 0 Å². The molecule has 0 bridgehead atoms. The van der Waals surface area contributed by atoms with Crippen LogP contribution in [0.1, 0.15) is 27.2 Å². The first-order valence-electron chi connectivity index (χ1n) is 6.77. The van der Waals surface area contributed by atoms with Crippen LogP contribution in [0.25, 0.3) is 0 Å². The SMILES string of the molecule is CCOC1CC(NS(=O)(=O)c2ccccc2N)C1(C)C. The van der Waals surface area contributed by atoms with Crippen LogP contribution in [0, 0.1) is 5.41 Å². The Kier molecular flexibility index (Phi) is 4.09. The molecule has 2 rings (SSSR count). The minimum Gasteiger partial charge on any atom is -0.398 e. The van der Waals surface area contributed by atoms with E-state index < -0.39 is 10.0 Å². The quantitative estimate of drug-likeness (QED) is 0.811. The normalized spacial score (nSPS) is 25.1. The van der Waals surface area contributed by atoms with E-state index >= 15 is 0 Å².